The number of nitrogens with zero attached hydrogens (tertiary/aromatic N) is 2. The number of halogens is 2. The van der Waals surface area contributed by atoms with Crippen LogP contribution in [0.3, 0.4) is 0 Å². The average Bonchev–Trinajstić information content (AvgIpc) is 2.80. The molecule has 1 atom stereocenters. The van der Waals surface area contributed by atoms with Crippen LogP contribution in [0.25, 0.3) is 0 Å². The normalized spacial score (nSPS) is 22.9. The highest BCUT2D eigenvalue weighted by Crippen LogP contribution is 2.28. The lowest BCUT2D eigenvalue weighted by atomic mass is 9.94. The molecule has 0 radical (unpaired) electrons. The highest BCUT2D eigenvalue weighted by atomic mass is 19.3. The second-order valence-electron chi connectivity index (χ2n) is 5.48. The number of aromatic nitrogens is 2. The SMILES string of the molecule is CC(C)n1cc(CNCC2CCNCC2(F)F)cn1. The van der Waals surface area contributed by atoms with Gasteiger partial charge in [-0.3, -0.25) is 4.68 Å². The highest BCUT2D eigenvalue weighted by molar-refractivity contribution is 5.04. The van der Waals surface area contributed by atoms with Gasteiger partial charge in [-0.2, -0.15) is 5.10 Å². The Balaban J connectivity index is 1.79. The zero-order valence-electron chi connectivity index (χ0n) is 11.5. The van der Waals surface area contributed by atoms with Gasteiger partial charge in [0.2, 0.25) is 0 Å². The van der Waals surface area contributed by atoms with Crippen molar-refractivity contribution in [3.8, 4) is 0 Å². The average molecular weight is 272 g/mol. The van der Waals surface area contributed by atoms with E-state index in [-0.39, 0.29) is 6.54 Å². The molecular weight excluding hydrogens is 250 g/mol. The summed E-state index contributed by atoms with van der Waals surface area (Å²) in [6.07, 6.45) is 4.26. The minimum atomic E-state index is -2.60. The third-order valence-electron chi connectivity index (χ3n) is 3.53. The summed E-state index contributed by atoms with van der Waals surface area (Å²) in [7, 11) is 0. The van der Waals surface area contributed by atoms with Crippen LogP contribution >= 0.6 is 0 Å². The maximum atomic E-state index is 13.6. The van der Waals surface area contributed by atoms with Gasteiger partial charge >= 0.3 is 0 Å². The lowest BCUT2D eigenvalue weighted by Gasteiger charge is -2.31. The molecule has 1 unspecified atom stereocenters. The van der Waals surface area contributed by atoms with Gasteiger partial charge in [0.15, 0.2) is 0 Å². The van der Waals surface area contributed by atoms with Crippen LogP contribution in [0.15, 0.2) is 12.4 Å². The third-order valence-corrected chi connectivity index (χ3v) is 3.53. The van der Waals surface area contributed by atoms with Gasteiger partial charge < -0.3 is 10.6 Å². The van der Waals surface area contributed by atoms with Crippen molar-refractivity contribution in [1.29, 1.82) is 0 Å². The van der Waals surface area contributed by atoms with E-state index in [1.807, 2.05) is 10.9 Å². The summed E-state index contributed by atoms with van der Waals surface area (Å²) in [4.78, 5) is 0. The largest absolute Gasteiger partial charge is 0.312 e. The summed E-state index contributed by atoms with van der Waals surface area (Å²) in [5.74, 6) is -3.18. The van der Waals surface area contributed by atoms with E-state index in [2.05, 4.69) is 29.6 Å². The smallest absolute Gasteiger partial charge is 0.264 e. The summed E-state index contributed by atoms with van der Waals surface area (Å²) in [5.41, 5.74) is 1.03. The minimum absolute atomic E-state index is 0.204. The lowest BCUT2D eigenvalue weighted by Crippen LogP contribution is -2.49. The predicted octanol–water partition coefficient (Wildman–Crippen LogP) is 1.80. The van der Waals surface area contributed by atoms with Gasteiger partial charge in [0, 0.05) is 36.8 Å². The van der Waals surface area contributed by atoms with Crippen molar-refractivity contribution in [2.45, 2.75) is 38.8 Å². The quantitative estimate of drug-likeness (QED) is 0.859. The molecule has 0 saturated carbocycles. The van der Waals surface area contributed by atoms with E-state index in [0.717, 1.165) is 5.56 Å². The van der Waals surface area contributed by atoms with Crippen molar-refractivity contribution in [3.05, 3.63) is 18.0 Å². The number of rotatable bonds is 5. The third kappa shape index (κ3) is 3.73. The standard InChI is InChI=1S/C13H22F2N4/c1-10(2)19-8-11(6-18-19)5-17-7-12-3-4-16-9-13(12,14)15/h6,8,10,12,16-17H,3-5,7,9H2,1-2H3. The molecule has 19 heavy (non-hydrogen) atoms. The van der Waals surface area contributed by atoms with Gasteiger partial charge in [0.05, 0.1) is 12.7 Å². The Kier molecular flexibility index (Phi) is 4.52. The van der Waals surface area contributed by atoms with E-state index in [1.54, 1.807) is 6.20 Å². The maximum absolute atomic E-state index is 13.6. The Morgan fingerprint density at radius 1 is 1.58 bits per heavy atom. The highest BCUT2D eigenvalue weighted by Gasteiger charge is 2.40. The van der Waals surface area contributed by atoms with Crippen LogP contribution in [0.2, 0.25) is 0 Å². The molecule has 1 aliphatic heterocycles. The first-order chi connectivity index (χ1) is 8.99. The minimum Gasteiger partial charge on any atom is -0.312 e. The number of hydrogen-bond donors (Lipinski definition) is 2. The van der Waals surface area contributed by atoms with Crippen LogP contribution in [0.5, 0.6) is 0 Å². The maximum Gasteiger partial charge on any atom is 0.264 e. The Morgan fingerprint density at radius 2 is 2.37 bits per heavy atom. The predicted molar refractivity (Wildman–Crippen MR) is 70.2 cm³/mol. The first-order valence-electron chi connectivity index (χ1n) is 6.81. The van der Waals surface area contributed by atoms with Crippen LogP contribution < -0.4 is 10.6 Å². The molecule has 0 aromatic carbocycles. The van der Waals surface area contributed by atoms with Gasteiger partial charge in [0.25, 0.3) is 5.92 Å². The second-order valence-corrected chi connectivity index (χ2v) is 5.48. The van der Waals surface area contributed by atoms with E-state index >= 15 is 0 Å². The molecule has 2 rings (SSSR count). The zero-order chi connectivity index (χ0) is 13.9. The molecule has 2 heterocycles. The molecule has 0 bridgehead atoms. The van der Waals surface area contributed by atoms with E-state index in [1.165, 1.54) is 0 Å². The van der Waals surface area contributed by atoms with Crippen LogP contribution in [0.1, 0.15) is 31.9 Å². The molecule has 1 aromatic rings. The molecule has 2 N–H and O–H groups in total. The van der Waals surface area contributed by atoms with E-state index in [4.69, 9.17) is 0 Å². The molecule has 108 valence electrons. The lowest BCUT2D eigenvalue weighted by molar-refractivity contribution is -0.0721. The Bertz CT molecular complexity index is 403. The van der Waals surface area contributed by atoms with E-state index < -0.39 is 11.8 Å². The first-order valence-corrected chi connectivity index (χ1v) is 6.81. The summed E-state index contributed by atoms with van der Waals surface area (Å²) >= 11 is 0. The van der Waals surface area contributed by atoms with Crippen LogP contribution in [0.4, 0.5) is 8.78 Å². The molecular formula is C13H22F2N4. The number of alkyl halides is 2. The van der Waals surface area contributed by atoms with Gasteiger partial charge in [-0.1, -0.05) is 0 Å². The molecule has 1 saturated heterocycles. The van der Waals surface area contributed by atoms with E-state index in [0.29, 0.717) is 32.1 Å². The molecule has 1 aromatic heterocycles. The summed E-state index contributed by atoms with van der Waals surface area (Å²) in [6, 6.07) is 0.322. The van der Waals surface area contributed by atoms with Crippen molar-refractivity contribution in [3.63, 3.8) is 0 Å². The topological polar surface area (TPSA) is 41.9 Å². The molecule has 0 aliphatic carbocycles. The number of nitrogens with one attached hydrogen (secondary N) is 2. The first kappa shape index (κ1) is 14.4. The Labute approximate surface area is 112 Å². The van der Waals surface area contributed by atoms with E-state index in [9.17, 15) is 8.78 Å². The number of hydrogen-bond acceptors (Lipinski definition) is 3. The van der Waals surface area contributed by atoms with Gasteiger partial charge in [-0.15, -0.1) is 0 Å². The van der Waals surface area contributed by atoms with Crippen LogP contribution in [-0.4, -0.2) is 35.3 Å². The monoisotopic (exact) mass is 272 g/mol. The van der Waals surface area contributed by atoms with Crippen molar-refractivity contribution in [2.24, 2.45) is 5.92 Å². The molecule has 0 spiro atoms. The molecule has 6 heteroatoms. The fourth-order valence-electron chi connectivity index (χ4n) is 2.28. The summed E-state index contributed by atoms with van der Waals surface area (Å²) in [5, 5.41) is 10.1. The zero-order valence-corrected chi connectivity index (χ0v) is 11.5. The van der Waals surface area contributed by atoms with Crippen molar-refractivity contribution < 1.29 is 8.78 Å². The van der Waals surface area contributed by atoms with Crippen LogP contribution in [0, 0.1) is 5.92 Å². The van der Waals surface area contributed by atoms with Crippen LogP contribution in [-0.2, 0) is 6.54 Å². The van der Waals surface area contributed by atoms with Crippen molar-refractivity contribution in [1.82, 2.24) is 20.4 Å². The number of piperidine rings is 1. The van der Waals surface area contributed by atoms with Gasteiger partial charge in [-0.05, 0) is 26.8 Å². The van der Waals surface area contributed by atoms with Gasteiger partial charge in [-0.25, -0.2) is 8.78 Å². The Hall–Kier alpha value is -1.01. The summed E-state index contributed by atoms with van der Waals surface area (Å²) < 4.78 is 29.0. The molecule has 0 amide bonds. The van der Waals surface area contributed by atoms with Crippen molar-refractivity contribution in [2.75, 3.05) is 19.6 Å². The fourth-order valence-corrected chi connectivity index (χ4v) is 2.28. The Morgan fingerprint density at radius 3 is 3.00 bits per heavy atom. The molecule has 1 aliphatic rings. The second kappa shape index (κ2) is 5.96. The molecule has 1 fully saturated rings. The van der Waals surface area contributed by atoms with Crippen molar-refractivity contribution >= 4 is 0 Å². The molecule has 4 nitrogen and oxygen atoms in total. The van der Waals surface area contributed by atoms with Gasteiger partial charge in [0.1, 0.15) is 0 Å². The fraction of sp³-hybridized carbons (Fsp3) is 0.769. The summed E-state index contributed by atoms with van der Waals surface area (Å²) in [6.45, 7) is 5.52.